The minimum atomic E-state index is -5.66. The second kappa shape index (κ2) is 5.68. The molecule has 0 aromatic carbocycles. The molecule has 0 bridgehead atoms. The van der Waals surface area contributed by atoms with Crippen molar-refractivity contribution in [3.63, 3.8) is 0 Å². The predicted molar refractivity (Wildman–Crippen MR) is 64.9 cm³/mol. The standard InChI is InChI=1S/C7H4Br2F5NS.ClH/c8-2-1-3(16-5(2)9)4(15)6(10,11)7(12,13)14;/h1,4H,15H2;1H/t4-;/m1./s1. The van der Waals surface area contributed by atoms with E-state index >= 15 is 0 Å². The summed E-state index contributed by atoms with van der Waals surface area (Å²) < 4.78 is 62.6. The first-order valence-electron chi connectivity index (χ1n) is 3.72. The smallest absolute Gasteiger partial charge is 0.318 e. The van der Waals surface area contributed by atoms with Crippen molar-refractivity contribution < 1.29 is 22.0 Å². The van der Waals surface area contributed by atoms with Crippen LogP contribution in [-0.2, 0) is 0 Å². The largest absolute Gasteiger partial charge is 0.455 e. The van der Waals surface area contributed by atoms with E-state index in [0.717, 1.165) is 17.4 Å². The first-order valence-corrected chi connectivity index (χ1v) is 6.12. The van der Waals surface area contributed by atoms with Gasteiger partial charge in [0.25, 0.3) is 0 Å². The Hall–Kier alpha value is 0.560. The highest BCUT2D eigenvalue weighted by Gasteiger charge is 2.62. The molecule has 0 unspecified atom stereocenters. The van der Waals surface area contributed by atoms with Crippen molar-refractivity contribution in [3.05, 3.63) is 19.2 Å². The molecule has 0 spiro atoms. The fourth-order valence-corrected chi connectivity index (χ4v) is 3.00. The summed E-state index contributed by atoms with van der Waals surface area (Å²) in [6.45, 7) is 0. The van der Waals surface area contributed by atoms with Gasteiger partial charge < -0.3 is 5.73 Å². The average Bonchev–Trinajstić information content (AvgIpc) is 2.43. The molecule has 1 atom stereocenters. The SMILES string of the molecule is Cl.N[C@H](c1cc(Br)c(Br)s1)C(F)(F)C(F)(F)F. The quantitative estimate of drug-likeness (QED) is 0.671. The van der Waals surface area contributed by atoms with Crippen LogP contribution < -0.4 is 5.73 Å². The molecule has 1 nitrogen and oxygen atoms in total. The molecule has 0 aliphatic rings. The number of rotatable bonds is 2. The van der Waals surface area contributed by atoms with E-state index in [4.69, 9.17) is 5.73 Å². The van der Waals surface area contributed by atoms with Gasteiger partial charge in [0.2, 0.25) is 0 Å². The lowest BCUT2D eigenvalue weighted by Gasteiger charge is -2.24. The molecule has 0 amide bonds. The van der Waals surface area contributed by atoms with E-state index in [1.165, 1.54) is 0 Å². The molecule has 0 saturated carbocycles. The van der Waals surface area contributed by atoms with Crippen molar-refractivity contribution in [1.82, 2.24) is 0 Å². The van der Waals surface area contributed by atoms with Gasteiger partial charge in [-0.15, -0.1) is 23.7 Å². The Morgan fingerprint density at radius 2 is 1.65 bits per heavy atom. The zero-order chi connectivity index (χ0) is 12.7. The molecule has 0 aliphatic carbocycles. The van der Waals surface area contributed by atoms with Crippen LogP contribution in [0.1, 0.15) is 10.9 Å². The van der Waals surface area contributed by atoms with Gasteiger partial charge in [0.15, 0.2) is 0 Å². The van der Waals surface area contributed by atoms with E-state index in [1.54, 1.807) is 0 Å². The number of nitrogens with two attached hydrogens (primary N) is 1. The Labute approximate surface area is 120 Å². The van der Waals surface area contributed by atoms with Gasteiger partial charge >= 0.3 is 12.1 Å². The Morgan fingerprint density at radius 3 is 1.94 bits per heavy atom. The highest BCUT2D eigenvalue weighted by molar-refractivity contribution is 9.13. The third kappa shape index (κ3) is 3.52. The Kier molecular flexibility index (Phi) is 5.87. The fourth-order valence-electron chi connectivity index (χ4n) is 0.872. The predicted octanol–water partition coefficient (Wildman–Crippen LogP) is 4.89. The lowest BCUT2D eigenvalue weighted by molar-refractivity contribution is -0.290. The number of thiophene rings is 1. The molecule has 0 fully saturated rings. The van der Waals surface area contributed by atoms with Crippen molar-refractivity contribution in [3.8, 4) is 0 Å². The maximum Gasteiger partial charge on any atom is 0.455 e. The van der Waals surface area contributed by atoms with E-state index in [9.17, 15) is 22.0 Å². The molecule has 17 heavy (non-hydrogen) atoms. The van der Waals surface area contributed by atoms with Crippen LogP contribution in [-0.4, -0.2) is 12.1 Å². The molecule has 10 heteroatoms. The maximum absolute atomic E-state index is 12.9. The van der Waals surface area contributed by atoms with Crippen LogP contribution in [0.15, 0.2) is 14.3 Å². The van der Waals surface area contributed by atoms with Crippen LogP contribution in [0.5, 0.6) is 0 Å². The number of hydrogen-bond acceptors (Lipinski definition) is 2. The van der Waals surface area contributed by atoms with Gasteiger partial charge in [0, 0.05) is 9.35 Å². The first-order chi connectivity index (χ1) is 7.07. The highest BCUT2D eigenvalue weighted by atomic mass is 79.9. The van der Waals surface area contributed by atoms with Crippen molar-refractivity contribution in [2.75, 3.05) is 0 Å². The molecular weight excluding hydrogens is 420 g/mol. The van der Waals surface area contributed by atoms with Crippen LogP contribution >= 0.6 is 55.6 Å². The number of halogens is 8. The second-order valence-electron chi connectivity index (χ2n) is 2.87. The minimum Gasteiger partial charge on any atom is -0.318 e. The first kappa shape index (κ1) is 17.6. The van der Waals surface area contributed by atoms with Gasteiger partial charge in [-0.25, -0.2) is 0 Å². The lowest BCUT2D eigenvalue weighted by atomic mass is 10.1. The van der Waals surface area contributed by atoms with Gasteiger partial charge in [0.05, 0.1) is 3.79 Å². The summed E-state index contributed by atoms with van der Waals surface area (Å²) in [6.07, 6.45) is -5.66. The number of hydrogen-bond donors (Lipinski definition) is 1. The maximum atomic E-state index is 12.9. The van der Waals surface area contributed by atoms with Crippen molar-refractivity contribution >= 4 is 55.6 Å². The Bertz CT molecular complexity index is 375. The molecule has 1 heterocycles. The zero-order valence-corrected chi connectivity index (χ0v) is 12.5. The van der Waals surface area contributed by atoms with E-state index in [0.29, 0.717) is 8.26 Å². The monoisotopic (exact) mass is 423 g/mol. The van der Waals surface area contributed by atoms with Gasteiger partial charge in [-0.3, -0.25) is 0 Å². The summed E-state index contributed by atoms with van der Waals surface area (Å²) in [4.78, 5) is -0.249. The van der Waals surface area contributed by atoms with Crippen molar-refractivity contribution in [2.24, 2.45) is 5.73 Å². The summed E-state index contributed by atoms with van der Waals surface area (Å²) in [5, 5.41) is 0. The Morgan fingerprint density at radius 1 is 1.18 bits per heavy atom. The third-order valence-corrected chi connectivity index (χ3v) is 5.08. The average molecular weight is 425 g/mol. The van der Waals surface area contributed by atoms with Gasteiger partial charge in [-0.05, 0) is 37.9 Å². The molecule has 0 saturated heterocycles. The molecular formula is C7H5Br2ClF5NS. The summed E-state index contributed by atoms with van der Waals surface area (Å²) in [5.74, 6) is -4.95. The Balaban J connectivity index is 0.00000256. The van der Waals surface area contributed by atoms with E-state index in [1.807, 2.05) is 0 Å². The van der Waals surface area contributed by atoms with E-state index in [2.05, 4.69) is 31.9 Å². The van der Waals surface area contributed by atoms with Crippen molar-refractivity contribution in [2.45, 2.75) is 18.1 Å². The lowest BCUT2D eigenvalue weighted by Crippen LogP contribution is -2.45. The van der Waals surface area contributed by atoms with Crippen LogP contribution in [0.4, 0.5) is 22.0 Å². The van der Waals surface area contributed by atoms with Gasteiger partial charge in [-0.1, -0.05) is 0 Å². The fraction of sp³-hybridized carbons (Fsp3) is 0.429. The molecule has 2 N–H and O–H groups in total. The van der Waals surface area contributed by atoms with Crippen LogP contribution in [0.25, 0.3) is 0 Å². The summed E-state index contributed by atoms with van der Waals surface area (Å²) in [5.41, 5.74) is 4.94. The minimum absolute atomic E-state index is 0. The zero-order valence-electron chi connectivity index (χ0n) is 7.69. The van der Waals surface area contributed by atoms with Gasteiger partial charge in [0.1, 0.15) is 6.04 Å². The number of alkyl halides is 5. The van der Waals surface area contributed by atoms with Crippen molar-refractivity contribution in [1.29, 1.82) is 0 Å². The van der Waals surface area contributed by atoms with Crippen LogP contribution in [0, 0.1) is 0 Å². The summed E-state index contributed by atoms with van der Waals surface area (Å²) >= 11 is 6.71. The van der Waals surface area contributed by atoms with E-state index in [-0.39, 0.29) is 17.3 Å². The van der Waals surface area contributed by atoms with Crippen LogP contribution in [0.2, 0.25) is 0 Å². The molecule has 100 valence electrons. The topological polar surface area (TPSA) is 26.0 Å². The highest BCUT2D eigenvalue weighted by Crippen LogP contribution is 2.46. The summed E-state index contributed by atoms with van der Waals surface area (Å²) in [7, 11) is 0. The third-order valence-electron chi connectivity index (χ3n) is 1.74. The van der Waals surface area contributed by atoms with Crippen LogP contribution in [0.3, 0.4) is 0 Å². The molecule has 1 aromatic rings. The van der Waals surface area contributed by atoms with Gasteiger partial charge in [-0.2, -0.15) is 22.0 Å². The molecule has 1 aromatic heterocycles. The molecule has 1 rings (SSSR count). The molecule has 0 aliphatic heterocycles. The van der Waals surface area contributed by atoms with E-state index < -0.39 is 18.1 Å². The normalized spacial score (nSPS) is 14.4. The summed E-state index contributed by atoms with van der Waals surface area (Å²) in [6, 6.07) is -1.26. The second-order valence-corrected chi connectivity index (χ2v) is 6.12. The molecule has 0 radical (unpaired) electrons.